The van der Waals surface area contributed by atoms with Gasteiger partial charge < -0.3 is 10.1 Å². The zero-order valence-electron chi connectivity index (χ0n) is 14.6. The summed E-state index contributed by atoms with van der Waals surface area (Å²) >= 11 is 3.48. The molecule has 1 aromatic rings. The lowest BCUT2D eigenvalue weighted by atomic mass is 9.97. The summed E-state index contributed by atoms with van der Waals surface area (Å²) < 4.78 is 6.39. The van der Waals surface area contributed by atoms with Crippen LogP contribution in [-0.2, 0) is 11.3 Å². The van der Waals surface area contributed by atoms with Crippen molar-refractivity contribution in [2.24, 2.45) is 0 Å². The molecule has 0 saturated heterocycles. The quantitative estimate of drug-likeness (QED) is 0.679. The Kier molecular flexibility index (Phi) is 7.79. The van der Waals surface area contributed by atoms with Gasteiger partial charge in [0.15, 0.2) is 0 Å². The molecular weight excluding hydrogens is 368 g/mol. The number of allylic oxidation sites excluding steroid dienone is 1. The van der Waals surface area contributed by atoms with Crippen LogP contribution in [0.5, 0.6) is 5.75 Å². The fourth-order valence-electron chi connectivity index (χ4n) is 3.01. The van der Waals surface area contributed by atoms with Gasteiger partial charge in [-0.3, -0.25) is 9.69 Å². The van der Waals surface area contributed by atoms with E-state index in [4.69, 9.17) is 4.74 Å². The molecule has 5 heteroatoms. The van der Waals surface area contributed by atoms with E-state index < -0.39 is 0 Å². The summed E-state index contributed by atoms with van der Waals surface area (Å²) in [5.41, 5.74) is 2.56. The third kappa shape index (κ3) is 6.29. The zero-order valence-corrected chi connectivity index (χ0v) is 16.2. The van der Waals surface area contributed by atoms with Gasteiger partial charge in [0.05, 0.1) is 13.7 Å². The lowest BCUT2D eigenvalue weighted by Crippen LogP contribution is -2.35. The number of nitrogens with zero attached hydrogens (tertiary/aromatic N) is 1. The number of nitrogens with one attached hydrogen (secondary N) is 1. The number of likely N-dealkylation sites (N-methyl/N-ethyl adjacent to an activating group) is 1. The van der Waals surface area contributed by atoms with Crippen molar-refractivity contribution in [2.75, 3.05) is 27.2 Å². The number of hydrogen-bond acceptors (Lipinski definition) is 3. The van der Waals surface area contributed by atoms with Crippen molar-refractivity contribution in [1.82, 2.24) is 10.2 Å². The van der Waals surface area contributed by atoms with Crippen molar-refractivity contribution in [2.45, 2.75) is 38.6 Å². The number of amides is 1. The van der Waals surface area contributed by atoms with Gasteiger partial charge in [-0.15, -0.1) is 0 Å². The number of hydrogen-bond donors (Lipinski definition) is 1. The maximum absolute atomic E-state index is 12.1. The standard InChI is InChI=1S/C19H27BrN2O2/c1-22(13-16-12-17(20)8-9-18(16)24-2)14-19(23)21-11-10-15-6-4-3-5-7-15/h6,8-9,12H,3-5,7,10-11,13-14H2,1-2H3,(H,21,23). The van der Waals surface area contributed by atoms with Crippen molar-refractivity contribution < 1.29 is 9.53 Å². The van der Waals surface area contributed by atoms with E-state index in [1.54, 1.807) is 7.11 Å². The summed E-state index contributed by atoms with van der Waals surface area (Å²) in [7, 11) is 3.61. The first-order chi connectivity index (χ1) is 11.6. The second kappa shape index (κ2) is 9.84. The molecule has 24 heavy (non-hydrogen) atoms. The molecule has 4 nitrogen and oxygen atoms in total. The number of methoxy groups -OCH3 is 1. The van der Waals surface area contributed by atoms with Crippen LogP contribution >= 0.6 is 15.9 Å². The monoisotopic (exact) mass is 394 g/mol. The Balaban J connectivity index is 1.75. The van der Waals surface area contributed by atoms with Crippen LogP contribution in [0.15, 0.2) is 34.3 Å². The van der Waals surface area contributed by atoms with Crippen molar-refractivity contribution >= 4 is 21.8 Å². The summed E-state index contributed by atoms with van der Waals surface area (Å²) in [6.07, 6.45) is 8.30. The smallest absolute Gasteiger partial charge is 0.234 e. The minimum absolute atomic E-state index is 0.0721. The van der Waals surface area contributed by atoms with Gasteiger partial charge in [0.25, 0.3) is 0 Å². The number of carbonyl (C=O) groups excluding carboxylic acids is 1. The molecule has 2 rings (SSSR count). The third-order valence-electron chi connectivity index (χ3n) is 4.25. The Morgan fingerprint density at radius 2 is 2.21 bits per heavy atom. The molecule has 1 N–H and O–H groups in total. The van der Waals surface area contributed by atoms with Gasteiger partial charge in [-0.1, -0.05) is 27.6 Å². The normalized spacial score (nSPS) is 14.4. The van der Waals surface area contributed by atoms with Crippen molar-refractivity contribution in [3.8, 4) is 5.75 Å². The maximum atomic E-state index is 12.1. The second-order valence-corrected chi connectivity index (χ2v) is 7.25. The maximum Gasteiger partial charge on any atom is 0.234 e. The molecule has 0 bridgehead atoms. The molecule has 132 valence electrons. The highest BCUT2D eigenvalue weighted by atomic mass is 79.9. The first-order valence-electron chi connectivity index (χ1n) is 8.54. The molecule has 0 radical (unpaired) electrons. The molecule has 0 spiro atoms. The van der Waals surface area contributed by atoms with Gasteiger partial charge in [0.2, 0.25) is 5.91 Å². The van der Waals surface area contributed by atoms with Gasteiger partial charge in [-0.05, 0) is 57.4 Å². The minimum Gasteiger partial charge on any atom is -0.496 e. The predicted molar refractivity (Wildman–Crippen MR) is 101 cm³/mol. The first kappa shape index (κ1) is 19.0. The SMILES string of the molecule is COc1ccc(Br)cc1CN(C)CC(=O)NCCC1=CCCCC1. The van der Waals surface area contributed by atoms with Crippen LogP contribution in [0.3, 0.4) is 0 Å². The van der Waals surface area contributed by atoms with Gasteiger partial charge in [0, 0.05) is 23.1 Å². The first-order valence-corrected chi connectivity index (χ1v) is 9.33. The van der Waals surface area contributed by atoms with E-state index in [2.05, 4.69) is 27.3 Å². The second-order valence-electron chi connectivity index (χ2n) is 6.34. The molecule has 0 heterocycles. The summed E-state index contributed by atoms with van der Waals surface area (Å²) in [5.74, 6) is 0.914. The Labute approximate surface area is 153 Å². The highest BCUT2D eigenvalue weighted by Gasteiger charge is 2.11. The summed E-state index contributed by atoms with van der Waals surface area (Å²) in [4.78, 5) is 14.1. The molecule has 0 fully saturated rings. The van der Waals surface area contributed by atoms with Crippen molar-refractivity contribution in [3.63, 3.8) is 0 Å². The van der Waals surface area contributed by atoms with E-state index in [0.29, 0.717) is 13.1 Å². The highest BCUT2D eigenvalue weighted by molar-refractivity contribution is 9.10. The molecule has 0 saturated carbocycles. The van der Waals surface area contributed by atoms with Crippen molar-refractivity contribution in [3.05, 3.63) is 39.9 Å². The Bertz CT molecular complexity index is 587. The van der Waals surface area contributed by atoms with Crippen LogP contribution in [0, 0.1) is 0 Å². The number of benzene rings is 1. The van der Waals surface area contributed by atoms with Gasteiger partial charge in [-0.25, -0.2) is 0 Å². The van der Waals surface area contributed by atoms with Gasteiger partial charge in [-0.2, -0.15) is 0 Å². The Morgan fingerprint density at radius 1 is 1.38 bits per heavy atom. The van der Waals surface area contributed by atoms with E-state index in [1.807, 2.05) is 30.1 Å². The number of ether oxygens (including phenoxy) is 1. The highest BCUT2D eigenvalue weighted by Crippen LogP contribution is 2.24. The van der Waals surface area contributed by atoms with E-state index in [9.17, 15) is 4.79 Å². The Morgan fingerprint density at radius 3 is 2.92 bits per heavy atom. The zero-order chi connectivity index (χ0) is 17.4. The average molecular weight is 395 g/mol. The van der Waals surface area contributed by atoms with Gasteiger partial charge >= 0.3 is 0 Å². The molecule has 0 unspecified atom stereocenters. The third-order valence-corrected chi connectivity index (χ3v) is 4.74. The lowest BCUT2D eigenvalue weighted by molar-refractivity contribution is -0.122. The molecule has 1 aliphatic carbocycles. The lowest BCUT2D eigenvalue weighted by Gasteiger charge is -2.19. The van der Waals surface area contributed by atoms with Crippen LogP contribution in [-0.4, -0.2) is 38.1 Å². The molecule has 0 atom stereocenters. The fourth-order valence-corrected chi connectivity index (χ4v) is 3.42. The molecule has 0 aromatic heterocycles. The average Bonchev–Trinajstić information content (AvgIpc) is 2.56. The van der Waals surface area contributed by atoms with Crippen LogP contribution in [0.2, 0.25) is 0 Å². The minimum atomic E-state index is 0.0721. The van der Waals surface area contributed by atoms with E-state index in [0.717, 1.165) is 28.8 Å². The van der Waals surface area contributed by atoms with Crippen LogP contribution in [0.4, 0.5) is 0 Å². The number of rotatable bonds is 8. The number of carbonyl (C=O) groups is 1. The summed E-state index contributed by atoms with van der Waals surface area (Å²) in [6, 6.07) is 5.92. The van der Waals surface area contributed by atoms with Crippen LogP contribution < -0.4 is 10.1 Å². The number of halogens is 1. The predicted octanol–water partition coefficient (Wildman–Crippen LogP) is 3.90. The van der Waals surface area contributed by atoms with E-state index in [1.165, 1.54) is 31.3 Å². The summed E-state index contributed by atoms with van der Waals surface area (Å²) in [6.45, 7) is 1.79. The van der Waals surface area contributed by atoms with E-state index >= 15 is 0 Å². The van der Waals surface area contributed by atoms with Crippen LogP contribution in [0.25, 0.3) is 0 Å². The largest absolute Gasteiger partial charge is 0.496 e. The van der Waals surface area contributed by atoms with Gasteiger partial charge in [0.1, 0.15) is 5.75 Å². The molecule has 1 amide bonds. The molecule has 1 aliphatic rings. The van der Waals surface area contributed by atoms with Crippen LogP contribution in [0.1, 0.15) is 37.7 Å². The molecule has 0 aliphatic heterocycles. The topological polar surface area (TPSA) is 41.6 Å². The molecule has 1 aromatic carbocycles. The Hall–Kier alpha value is -1.33. The summed E-state index contributed by atoms with van der Waals surface area (Å²) in [5, 5.41) is 3.02. The van der Waals surface area contributed by atoms with Crippen molar-refractivity contribution in [1.29, 1.82) is 0 Å². The fraction of sp³-hybridized carbons (Fsp3) is 0.526. The van der Waals surface area contributed by atoms with E-state index in [-0.39, 0.29) is 5.91 Å². The molecular formula is C19H27BrN2O2.